The third kappa shape index (κ3) is 4.00. The van der Waals surface area contributed by atoms with E-state index in [0.29, 0.717) is 18.3 Å². The van der Waals surface area contributed by atoms with Gasteiger partial charge in [0, 0.05) is 5.69 Å². The van der Waals surface area contributed by atoms with Gasteiger partial charge in [0.05, 0.1) is 11.9 Å². The number of nitrogens with one attached hydrogen (secondary N) is 2. The maximum absolute atomic E-state index is 12.4. The molecule has 0 aliphatic rings. The summed E-state index contributed by atoms with van der Waals surface area (Å²) in [6.45, 7) is 6.33. The number of amides is 1. The number of carbonyl (C=O) groups is 1. The number of aryl methyl sites for hydroxylation is 1. The van der Waals surface area contributed by atoms with E-state index in [0.717, 1.165) is 26.6 Å². The van der Waals surface area contributed by atoms with E-state index in [1.54, 1.807) is 11.3 Å². The maximum atomic E-state index is 12.4. The molecule has 2 N–H and O–H groups in total. The Morgan fingerprint density at radius 3 is 2.81 bits per heavy atom. The molecule has 1 unspecified atom stereocenters. The molecule has 2 heterocycles. The number of likely N-dealkylation sites (N-methyl/N-ethyl adjacent to an activating group) is 1. The number of quaternary nitrogens is 1. The van der Waals surface area contributed by atoms with Gasteiger partial charge < -0.3 is 14.6 Å². The van der Waals surface area contributed by atoms with Crippen LogP contribution in [0.2, 0.25) is 0 Å². The van der Waals surface area contributed by atoms with Crippen molar-refractivity contribution in [3.05, 3.63) is 52.7 Å². The molecular formula is C19H23N4O2S+. The van der Waals surface area contributed by atoms with Gasteiger partial charge in [-0.3, -0.25) is 4.79 Å². The number of carbonyl (C=O) groups excluding carboxylic acids is 1. The molecule has 0 bridgehead atoms. The first-order chi connectivity index (χ1) is 12.5. The molecule has 1 amide bonds. The van der Waals surface area contributed by atoms with Crippen LogP contribution >= 0.6 is 11.3 Å². The monoisotopic (exact) mass is 371 g/mol. The van der Waals surface area contributed by atoms with Gasteiger partial charge in [0.25, 0.3) is 17.7 Å². The summed E-state index contributed by atoms with van der Waals surface area (Å²) in [6.07, 6.45) is 0. The molecule has 0 aliphatic heterocycles. The third-order valence-electron chi connectivity index (χ3n) is 4.60. The molecule has 0 saturated heterocycles. The zero-order chi connectivity index (χ0) is 18.7. The molecule has 0 radical (unpaired) electrons. The highest BCUT2D eigenvalue weighted by molar-refractivity contribution is 7.13. The van der Waals surface area contributed by atoms with Crippen LogP contribution in [0.25, 0.3) is 10.8 Å². The Hall–Kier alpha value is -2.51. The Morgan fingerprint density at radius 1 is 1.27 bits per heavy atom. The minimum Gasteiger partial charge on any atom is -0.414 e. The Labute approximate surface area is 156 Å². The molecule has 3 rings (SSSR count). The van der Waals surface area contributed by atoms with E-state index in [1.165, 1.54) is 0 Å². The second-order valence-corrected chi connectivity index (χ2v) is 7.41. The molecule has 0 fully saturated rings. The van der Waals surface area contributed by atoms with Gasteiger partial charge >= 0.3 is 0 Å². The highest BCUT2D eigenvalue weighted by atomic mass is 32.1. The van der Waals surface area contributed by atoms with Crippen LogP contribution in [0.3, 0.4) is 0 Å². The van der Waals surface area contributed by atoms with E-state index >= 15 is 0 Å². The lowest BCUT2D eigenvalue weighted by Crippen LogP contribution is -3.10. The van der Waals surface area contributed by atoms with Crippen molar-refractivity contribution >= 4 is 22.9 Å². The summed E-state index contributed by atoms with van der Waals surface area (Å²) in [5, 5.41) is 13.2. The molecule has 1 aromatic carbocycles. The molecule has 6 nitrogen and oxygen atoms in total. The summed E-state index contributed by atoms with van der Waals surface area (Å²) in [4.78, 5) is 14.3. The summed E-state index contributed by atoms with van der Waals surface area (Å²) in [5.41, 5.74) is 3.10. The summed E-state index contributed by atoms with van der Waals surface area (Å²) >= 11 is 1.56. The number of aromatic nitrogens is 2. The van der Waals surface area contributed by atoms with Gasteiger partial charge in [-0.15, -0.1) is 21.5 Å². The Balaban J connectivity index is 1.63. The fourth-order valence-corrected chi connectivity index (χ4v) is 3.25. The minimum atomic E-state index is -0.0828. The van der Waals surface area contributed by atoms with E-state index in [4.69, 9.17) is 4.42 Å². The van der Waals surface area contributed by atoms with Crippen LogP contribution in [0.15, 0.2) is 40.1 Å². The number of anilines is 1. The fourth-order valence-electron chi connectivity index (χ4n) is 2.61. The Kier molecular flexibility index (Phi) is 5.49. The molecule has 26 heavy (non-hydrogen) atoms. The molecule has 0 saturated carbocycles. The normalized spacial score (nSPS) is 13.4. The molecule has 0 spiro atoms. The van der Waals surface area contributed by atoms with Gasteiger partial charge in [0.15, 0.2) is 12.6 Å². The minimum absolute atomic E-state index is 0.0407. The lowest BCUT2D eigenvalue weighted by atomic mass is 10.1. The Bertz CT molecular complexity index is 889. The second-order valence-electron chi connectivity index (χ2n) is 6.46. The summed E-state index contributed by atoms with van der Waals surface area (Å²) < 4.78 is 5.78. The van der Waals surface area contributed by atoms with Gasteiger partial charge in [-0.25, -0.2) is 0 Å². The number of nitrogens with zero attached hydrogens (tertiary/aromatic N) is 2. The van der Waals surface area contributed by atoms with Crippen LogP contribution in [-0.2, 0) is 4.79 Å². The standard InChI is InChI=1S/C19H22N4O2S/c1-12-7-5-8-15(13(12)2)20-17(24)11-23(4)14(3)18-21-22-19(25-18)16-9-6-10-26-16/h5-10,14H,11H2,1-4H3,(H,20,24)/p+1/t14-/m1/s1. The van der Waals surface area contributed by atoms with Gasteiger partial charge in [0.2, 0.25) is 0 Å². The number of hydrogen-bond acceptors (Lipinski definition) is 5. The Morgan fingerprint density at radius 2 is 2.08 bits per heavy atom. The van der Waals surface area contributed by atoms with Crippen molar-refractivity contribution in [1.29, 1.82) is 0 Å². The maximum Gasteiger partial charge on any atom is 0.279 e. The smallest absolute Gasteiger partial charge is 0.279 e. The predicted octanol–water partition coefficient (Wildman–Crippen LogP) is 2.63. The highest BCUT2D eigenvalue weighted by Gasteiger charge is 2.24. The van der Waals surface area contributed by atoms with E-state index < -0.39 is 0 Å². The van der Waals surface area contributed by atoms with Crippen molar-refractivity contribution in [3.8, 4) is 10.8 Å². The first-order valence-corrected chi connectivity index (χ1v) is 9.39. The summed E-state index contributed by atoms with van der Waals surface area (Å²) in [7, 11) is 1.95. The van der Waals surface area contributed by atoms with Crippen LogP contribution < -0.4 is 10.2 Å². The van der Waals surface area contributed by atoms with Crippen LogP contribution in [0, 0.1) is 13.8 Å². The number of rotatable bonds is 6. The lowest BCUT2D eigenvalue weighted by Gasteiger charge is -2.19. The fraction of sp³-hybridized carbons (Fsp3) is 0.316. The largest absolute Gasteiger partial charge is 0.414 e. The van der Waals surface area contributed by atoms with Crippen LogP contribution in [0.1, 0.15) is 30.0 Å². The van der Waals surface area contributed by atoms with Gasteiger partial charge in [-0.1, -0.05) is 18.2 Å². The van der Waals surface area contributed by atoms with Crippen molar-refractivity contribution in [3.63, 3.8) is 0 Å². The zero-order valence-corrected chi connectivity index (χ0v) is 16.2. The summed E-state index contributed by atoms with van der Waals surface area (Å²) in [5.74, 6) is 1.01. The van der Waals surface area contributed by atoms with Gasteiger partial charge in [-0.05, 0) is 49.4 Å². The van der Waals surface area contributed by atoms with Crippen molar-refractivity contribution in [2.75, 3.05) is 18.9 Å². The molecule has 3 aromatic rings. The van der Waals surface area contributed by atoms with Crippen molar-refractivity contribution in [1.82, 2.24) is 10.2 Å². The van der Waals surface area contributed by atoms with E-state index in [-0.39, 0.29) is 11.9 Å². The average Bonchev–Trinajstić information content (AvgIpc) is 3.29. The van der Waals surface area contributed by atoms with E-state index in [9.17, 15) is 4.79 Å². The molecule has 2 aromatic heterocycles. The molecular weight excluding hydrogens is 348 g/mol. The van der Waals surface area contributed by atoms with Crippen LogP contribution in [0.5, 0.6) is 0 Å². The zero-order valence-electron chi connectivity index (χ0n) is 15.4. The van der Waals surface area contributed by atoms with Gasteiger partial charge in [0.1, 0.15) is 0 Å². The average molecular weight is 371 g/mol. The summed E-state index contributed by atoms with van der Waals surface area (Å²) in [6, 6.07) is 9.71. The topological polar surface area (TPSA) is 72.5 Å². The molecule has 2 atom stereocenters. The number of hydrogen-bond donors (Lipinski definition) is 2. The SMILES string of the molecule is Cc1cccc(NC(=O)C[NH+](C)[C@H](C)c2nnc(-c3cccs3)o2)c1C. The van der Waals surface area contributed by atoms with Crippen molar-refractivity contribution in [2.24, 2.45) is 0 Å². The first kappa shape index (κ1) is 18.3. The molecule has 7 heteroatoms. The lowest BCUT2D eigenvalue weighted by molar-refractivity contribution is -0.903. The highest BCUT2D eigenvalue weighted by Crippen LogP contribution is 2.24. The van der Waals surface area contributed by atoms with E-state index in [2.05, 4.69) is 15.5 Å². The van der Waals surface area contributed by atoms with Crippen LogP contribution in [0.4, 0.5) is 5.69 Å². The van der Waals surface area contributed by atoms with Crippen LogP contribution in [-0.4, -0.2) is 29.7 Å². The van der Waals surface area contributed by atoms with Crippen molar-refractivity contribution < 1.29 is 14.1 Å². The molecule has 136 valence electrons. The first-order valence-electron chi connectivity index (χ1n) is 8.51. The third-order valence-corrected chi connectivity index (χ3v) is 5.46. The van der Waals surface area contributed by atoms with Gasteiger partial charge in [-0.2, -0.15) is 0 Å². The quantitative estimate of drug-likeness (QED) is 0.699. The van der Waals surface area contributed by atoms with E-state index in [1.807, 2.05) is 63.5 Å². The number of benzene rings is 1. The predicted molar refractivity (Wildman–Crippen MR) is 102 cm³/mol. The van der Waals surface area contributed by atoms with Crippen molar-refractivity contribution in [2.45, 2.75) is 26.8 Å². The molecule has 0 aliphatic carbocycles. The number of thiophene rings is 1. The second kappa shape index (κ2) is 7.80.